The van der Waals surface area contributed by atoms with Gasteiger partial charge in [-0.1, -0.05) is 12.2 Å². The van der Waals surface area contributed by atoms with E-state index >= 15 is 0 Å². The first-order chi connectivity index (χ1) is 5.37. The van der Waals surface area contributed by atoms with Crippen molar-refractivity contribution in [2.45, 2.75) is 6.42 Å². The van der Waals surface area contributed by atoms with Crippen LogP contribution in [0.25, 0.3) is 0 Å². The molecule has 0 amide bonds. The third-order valence-electron chi connectivity index (χ3n) is 8.22. The maximum atomic E-state index is 4.20. The molecule has 0 bridgehead atoms. The molecule has 8 fully saturated rings. The van der Waals surface area contributed by atoms with Gasteiger partial charge in [0.15, 0.2) is 0 Å². The summed E-state index contributed by atoms with van der Waals surface area (Å²) in [5.74, 6) is 2.43. The lowest BCUT2D eigenvalue weighted by Gasteiger charge is -2.03. The SMILES string of the molecule is C=C1C2C13C21C24C56CC5C62C314. The molecule has 50 valence electrons. The van der Waals surface area contributed by atoms with Gasteiger partial charge in [0.05, 0.1) is 0 Å². The molecule has 8 aliphatic rings. The van der Waals surface area contributed by atoms with E-state index in [9.17, 15) is 0 Å². The molecule has 0 N–H and O–H groups in total. The summed E-state index contributed by atoms with van der Waals surface area (Å²) < 4.78 is 0. The van der Waals surface area contributed by atoms with E-state index in [4.69, 9.17) is 0 Å². The van der Waals surface area contributed by atoms with Crippen LogP contribution >= 0.6 is 0 Å². The molecule has 0 aliphatic heterocycles. The number of allylic oxidation sites excluding steroid dienone is 1. The molecule has 8 atom stereocenters. The van der Waals surface area contributed by atoms with Crippen molar-refractivity contribution in [1.29, 1.82) is 0 Å². The van der Waals surface area contributed by atoms with E-state index in [-0.39, 0.29) is 0 Å². The van der Waals surface area contributed by atoms with E-state index in [1.807, 2.05) is 0 Å². The van der Waals surface area contributed by atoms with E-state index in [0.717, 1.165) is 38.4 Å². The van der Waals surface area contributed by atoms with Gasteiger partial charge < -0.3 is 0 Å². The molecule has 8 aliphatic carbocycles. The highest BCUT2D eigenvalue weighted by Crippen LogP contribution is 3.65. The highest BCUT2D eigenvalue weighted by molar-refractivity contribution is 6.13. The largest absolute Gasteiger partial charge is 0.0989 e. The molecule has 6 spiro atoms. The highest BCUT2D eigenvalue weighted by atomic mass is 15.7. The monoisotopic (exact) mass is 138 g/mol. The van der Waals surface area contributed by atoms with Crippen molar-refractivity contribution in [3.05, 3.63) is 12.2 Å². The first-order valence-electron chi connectivity index (χ1n) is 5.06. The molecule has 11 heavy (non-hydrogen) atoms. The van der Waals surface area contributed by atoms with Crippen LogP contribution in [0.15, 0.2) is 12.2 Å². The van der Waals surface area contributed by atoms with E-state index < -0.39 is 0 Å². The molecule has 8 rings (SSSR count). The fraction of sp³-hybridized carbons (Fsp3) is 0.818. The van der Waals surface area contributed by atoms with Gasteiger partial charge in [0.25, 0.3) is 0 Å². The van der Waals surface area contributed by atoms with Crippen LogP contribution in [0.1, 0.15) is 6.42 Å². The van der Waals surface area contributed by atoms with E-state index in [1.54, 1.807) is 12.0 Å². The van der Waals surface area contributed by atoms with Crippen LogP contribution in [0.3, 0.4) is 0 Å². The zero-order chi connectivity index (χ0) is 6.44. The minimum absolute atomic E-state index is 0.915. The Bertz CT molecular complexity index is 546. The lowest BCUT2D eigenvalue weighted by molar-refractivity contribution is 0.439. The Kier molecular flexibility index (Phi) is 0.105. The molecule has 0 radical (unpaired) electrons. The van der Waals surface area contributed by atoms with Crippen LogP contribution in [0.4, 0.5) is 0 Å². The van der Waals surface area contributed by atoms with Crippen molar-refractivity contribution in [3.63, 3.8) is 0 Å². The molecule has 8 saturated carbocycles. The van der Waals surface area contributed by atoms with Crippen molar-refractivity contribution < 1.29 is 0 Å². The molecular formula is C11H6. The fourth-order valence-electron chi connectivity index (χ4n) is 8.86. The Morgan fingerprint density at radius 2 is 2.18 bits per heavy atom. The Morgan fingerprint density at radius 1 is 1.27 bits per heavy atom. The molecule has 0 aromatic heterocycles. The Hall–Kier alpha value is -0.260. The van der Waals surface area contributed by atoms with Gasteiger partial charge in [-0.25, -0.2) is 0 Å². The second-order valence-electron chi connectivity index (χ2n) is 6.61. The molecule has 8 unspecified atom stereocenters. The summed E-state index contributed by atoms with van der Waals surface area (Å²) in [5.41, 5.74) is 8.03. The second-order valence-corrected chi connectivity index (χ2v) is 6.61. The zero-order valence-electron chi connectivity index (χ0n) is 6.07. The lowest BCUT2D eigenvalue weighted by atomic mass is 9.99. The van der Waals surface area contributed by atoms with Crippen molar-refractivity contribution in [2.75, 3.05) is 0 Å². The smallest absolute Gasteiger partial charge is 0.0133 e. The number of rotatable bonds is 0. The first-order valence-corrected chi connectivity index (χ1v) is 5.06. The maximum absolute atomic E-state index is 4.20. The van der Waals surface area contributed by atoms with Gasteiger partial charge in [-0.05, 0) is 34.5 Å². The standard InChI is InChI=1S/C11H6/c1-3-5-7(3)9(5)10-6-2-4(6)8(6,10)11(7,9)10/h4-5H,1-2H2. The Labute approximate surface area is 63.7 Å². The number of hydrogen-bond donors (Lipinski definition) is 0. The van der Waals surface area contributed by atoms with Gasteiger partial charge in [-0.15, -0.1) is 0 Å². The summed E-state index contributed by atoms with van der Waals surface area (Å²) >= 11 is 0. The summed E-state index contributed by atoms with van der Waals surface area (Å²) in [4.78, 5) is 0. The van der Waals surface area contributed by atoms with Crippen molar-refractivity contribution in [1.82, 2.24) is 0 Å². The van der Waals surface area contributed by atoms with Gasteiger partial charge >= 0.3 is 0 Å². The highest BCUT2D eigenvalue weighted by Gasteiger charge is 3.64. The van der Waals surface area contributed by atoms with Crippen molar-refractivity contribution in [3.8, 4) is 0 Å². The van der Waals surface area contributed by atoms with Gasteiger partial charge in [0.1, 0.15) is 0 Å². The van der Waals surface area contributed by atoms with E-state index in [0.29, 0.717) is 0 Å². The Morgan fingerprint density at radius 3 is 2.82 bits per heavy atom. The summed E-state index contributed by atoms with van der Waals surface area (Å²) in [6.45, 7) is 4.20. The van der Waals surface area contributed by atoms with Crippen LogP contribution in [-0.4, -0.2) is 0 Å². The summed E-state index contributed by atoms with van der Waals surface area (Å²) in [6, 6.07) is 0. The minimum atomic E-state index is 0.915. The second kappa shape index (κ2) is 0.356. The molecule has 0 heteroatoms. The van der Waals surface area contributed by atoms with Crippen LogP contribution in [0.2, 0.25) is 0 Å². The fourth-order valence-corrected chi connectivity index (χ4v) is 8.86. The van der Waals surface area contributed by atoms with E-state index in [1.165, 1.54) is 5.92 Å². The Balaban J connectivity index is 1.71. The van der Waals surface area contributed by atoms with Crippen LogP contribution in [0.5, 0.6) is 0 Å². The third kappa shape index (κ3) is 0.0542. The predicted octanol–water partition coefficient (Wildman–Crippen LogP) is 1.19. The zero-order valence-corrected chi connectivity index (χ0v) is 6.07. The molecular weight excluding hydrogens is 132 g/mol. The maximum Gasteiger partial charge on any atom is 0.0133 e. The third-order valence-corrected chi connectivity index (χ3v) is 8.22. The summed E-state index contributed by atoms with van der Waals surface area (Å²) in [6.07, 6.45) is 1.67. The van der Waals surface area contributed by atoms with Gasteiger partial charge in [0.2, 0.25) is 0 Å². The molecule has 0 aromatic rings. The topological polar surface area (TPSA) is 0 Å². The average Bonchev–Trinajstić information content (AvgIpc) is 2.76. The first kappa shape index (κ1) is 3.24. The molecule has 0 aromatic carbocycles. The van der Waals surface area contributed by atoms with Crippen LogP contribution < -0.4 is 0 Å². The summed E-state index contributed by atoms with van der Waals surface area (Å²) in [7, 11) is 0. The molecule has 0 heterocycles. The van der Waals surface area contributed by atoms with Crippen molar-refractivity contribution in [2.24, 2.45) is 44.3 Å². The molecule has 0 saturated heterocycles. The van der Waals surface area contributed by atoms with Crippen molar-refractivity contribution >= 4 is 0 Å². The quantitative estimate of drug-likeness (QED) is 0.441. The minimum Gasteiger partial charge on any atom is -0.0989 e. The van der Waals surface area contributed by atoms with Gasteiger partial charge in [-0.3, -0.25) is 0 Å². The predicted molar refractivity (Wildman–Crippen MR) is 35.3 cm³/mol. The lowest BCUT2D eigenvalue weighted by Crippen LogP contribution is -2.00. The van der Waals surface area contributed by atoms with Gasteiger partial charge in [0, 0.05) is 16.2 Å². The average molecular weight is 138 g/mol. The van der Waals surface area contributed by atoms with Crippen LogP contribution in [-0.2, 0) is 0 Å². The number of hydrogen-bond acceptors (Lipinski definition) is 0. The van der Waals surface area contributed by atoms with Crippen LogP contribution in [0, 0.1) is 44.3 Å². The molecule has 0 nitrogen and oxygen atoms in total. The normalized spacial score (nSPS) is 130. The van der Waals surface area contributed by atoms with E-state index in [2.05, 4.69) is 6.58 Å². The van der Waals surface area contributed by atoms with Gasteiger partial charge in [-0.2, -0.15) is 0 Å². The summed E-state index contributed by atoms with van der Waals surface area (Å²) in [5, 5.41) is 0.